The first-order chi connectivity index (χ1) is 9.47. The molecule has 1 aromatic rings. The summed E-state index contributed by atoms with van der Waals surface area (Å²) in [4.78, 5) is 7.73. The van der Waals surface area contributed by atoms with Crippen molar-refractivity contribution >= 4 is 5.82 Å². The fourth-order valence-corrected chi connectivity index (χ4v) is 2.13. The van der Waals surface area contributed by atoms with E-state index in [0.717, 1.165) is 38.8 Å². The number of hydrogen-bond donors (Lipinski definition) is 1. The van der Waals surface area contributed by atoms with E-state index >= 15 is 0 Å². The van der Waals surface area contributed by atoms with Crippen LogP contribution in [0.4, 0.5) is 19.0 Å². The molecule has 0 atom stereocenters. The predicted molar refractivity (Wildman–Crippen MR) is 71.8 cm³/mol. The van der Waals surface area contributed by atoms with Crippen molar-refractivity contribution in [2.24, 2.45) is 0 Å². The van der Waals surface area contributed by atoms with Gasteiger partial charge in [-0.2, -0.15) is 13.2 Å². The minimum Gasteiger partial charge on any atom is -0.358 e. The van der Waals surface area contributed by atoms with Gasteiger partial charge in [-0.05, 0) is 12.1 Å². The van der Waals surface area contributed by atoms with E-state index in [2.05, 4.69) is 15.2 Å². The Labute approximate surface area is 116 Å². The lowest BCUT2D eigenvalue weighted by atomic mass is 10.3. The topological polar surface area (TPSA) is 31.4 Å². The second kappa shape index (κ2) is 6.41. The van der Waals surface area contributed by atoms with Crippen LogP contribution < -0.4 is 10.2 Å². The van der Waals surface area contributed by atoms with Crippen molar-refractivity contribution in [1.29, 1.82) is 0 Å². The maximum absolute atomic E-state index is 12.6. The highest BCUT2D eigenvalue weighted by atomic mass is 19.4. The third-order valence-corrected chi connectivity index (χ3v) is 3.38. The van der Waals surface area contributed by atoms with E-state index in [0.29, 0.717) is 12.4 Å². The highest BCUT2D eigenvalue weighted by Crippen LogP contribution is 2.28. The van der Waals surface area contributed by atoms with Gasteiger partial charge < -0.3 is 10.2 Å². The molecule has 0 spiro atoms. The first kappa shape index (κ1) is 15.1. The maximum Gasteiger partial charge on any atom is 0.433 e. The van der Waals surface area contributed by atoms with Crippen molar-refractivity contribution in [3.8, 4) is 0 Å². The lowest BCUT2D eigenvalue weighted by Crippen LogP contribution is -2.46. The number of rotatable bonds is 4. The largest absolute Gasteiger partial charge is 0.433 e. The Hall–Kier alpha value is -1.34. The zero-order valence-electron chi connectivity index (χ0n) is 11.5. The first-order valence-electron chi connectivity index (χ1n) is 6.65. The van der Waals surface area contributed by atoms with Gasteiger partial charge in [-0.25, -0.2) is 4.98 Å². The zero-order chi connectivity index (χ0) is 14.6. The van der Waals surface area contributed by atoms with Crippen molar-refractivity contribution in [2.45, 2.75) is 6.18 Å². The second-order valence-electron chi connectivity index (χ2n) is 4.89. The summed E-state index contributed by atoms with van der Waals surface area (Å²) in [7, 11) is 1.77. The molecule has 1 saturated heterocycles. The van der Waals surface area contributed by atoms with E-state index in [1.165, 1.54) is 6.07 Å². The molecule has 7 heteroatoms. The molecule has 0 radical (unpaired) electrons. The van der Waals surface area contributed by atoms with Crippen LogP contribution in [0.15, 0.2) is 18.2 Å². The predicted octanol–water partition coefficient (Wildman–Crippen LogP) is 1.44. The van der Waals surface area contributed by atoms with Gasteiger partial charge in [0.2, 0.25) is 0 Å². The minimum atomic E-state index is -4.39. The summed E-state index contributed by atoms with van der Waals surface area (Å²) in [5.41, 5.74) is -0.843. The first-order valence-corrected chi connectivity index (χ1v) is 6.65. The third-order valence-electron chi connectivity index (χ3n) is 3.38. The van der Waals surface area contributed by atoms with Gasteiger partial charge in [-0.3, -0.25) is 4.90 Å². The van der Waals surface area contributed by atoms with Crippen molar-refractivity contribution in [2.75, 3.05) is 51.2 Å². The van der Waals surface area contributed by atoms with Crippen LogP contribution in [0, 0.1) is 0 Å². The van der Waals surface area contributed by atoms with Gasteiger partial charge in [0, 0.05) is 46.3 Å². The molecule has 20 heavy (non-hydrogen) atoms. The molecule has 112 valence electrons. The Morgan fingerprint density at radius 3 is 2.65 bits per heavy atom. The van der Waals surface area contributed by atoms with Gasteiger partial charge >= 0.3 is 6.18 Å². The van der Waals surface area contributed by atoms with Gasteiger partial charge in [0.05, 0.1) is 0 Å². The molecule has 0 bridgehead atoms. The zero-order valence-corrected chi connectivity index (χ0v) is 11.5. The molecule has 1 fully saturated rings. The van der Waals surface area contributed by atoms with Crippen molar-refractivity contribution in [1.82, 2.24) is 15.2 Å². The standard InChI is InChI=1S/C13H19F3N4/c1-19(9-10-20-7-5-17-6-8-20)12-4-2-3-11(18-12)13(14,15)16/h2-4,17H,5-10H2,1H3. The van der Waals surface area contributed by atoms with Crippen LogP contribution >= 0.6 is 0 Å². The van der Waals surface area contributed by atoms with E-state index in [1.54, 1.807) is 18.0 Å². The monoisotopic (exact) mass is 288 g/mol. The molecule has 2 heterocycles. The molecule has 0 aromatic carbocycles. The lowest BCUT2D eigenvalue weighted by Gasteiger charge is -2.29. The van der Waals surface area contributed by atoms with Crippen molar-refractivity contribution in [3.05, 3.63) is 23.9 Å². The molecule has 0 amide bonds. The summed E-state index contributed by atoms with van der Waals surface area (Å²) in [5.74, 6) is 0.356. The molecule has 2 rings (SSSR count). The number of hydrogen-bond acceptors (Lipinski definition) is 4. The molecule has 1 aliphatic rings. The summed E-state index contributed by atoms with van der Waals surface area (Å²) >= 11 is 0. The van der Waals surface area contributed by atoms with E-state index in [1.807, 2.05) is 0 Å². The van der Waals surface area contributed by atoms with Crippen molar-refractivity contribution in [3.63, 3.8) is 0 Å². The molecule has 0 saturated carbocycles. The summed E-state index contributed by atoms with van der Waals surface area (Å²) in [5, 5.41) is 3.27. The number of aromatic nitrogens is 1. The molecule has 0 aliphatic carbocycles. The number of alkyl halides is 3. The van der Waals surface area contributed by atoms with Gasteiger partial charge in [0.15, 0.2) is 0 Å². The number of nitrogens with one attached hydrogen (secondary N) is 1. The summed E-state index contributed by atoms with van der Waals surface area (Å²) in [6.45, 7) is 5.37. The van der Waals surface area contributed by atoms with Crippen LogP contribution in [0.2, 0.25) is 0 Å². The number of nitrogens with zero attached hydrogens (tertiary/aromatic N) is 3. The molecule has 1 aliphatic heterocycles. The van der Waals surface area contributed by atoms with Gasteiger partial charge in [0.25, 0.3) is 0 Å². The fraction of sp³-hybridized carbons (Fsp3) is 0.615. The van der Waals surface area contributed by atoms with Gasteiger partial charge in [-0.15, -0.1) is 0 Å². The molecule has 1 N–H and O–H groups in total. The van der Waals surface area contributed by atoms with Gasteiger partial charge in [-0.1, -0.05) is 6.07 Å². The van der Waals surface area contributed by atoms with Crippen LogP contribution in [-0.2, 0) is 6.18 Å². The highest BCUT2D eigenvalue weighted by molar-refractivity contribution is 5.38. The number of piperazine rings is 1. The molecule has 1 aromatic heterocycles. The highest BCUT2D eigenvalue weighted by Gasteiger charge is 2.32. The maximum atomic E-state index is 12.6. The smallest absolute Gasteiger partial charge is 0.358 e. The summed E-state index contributed by atoms with van der Waals surface area (Å²) in [6, 6.07) is 3.99. The Morgan fingerprint density at radius 1 is 1.30 bits per heavy atom. The van der Waals surface area contributed by atoms with Gasteiger partial charge in [0.1, 0.15) is 11.5 Å². The van der Waals surface area contributed by atoms with E-state index in [9.17, 15) is 13.2 Å². The van der Waals surface area contributed by atoms with Crippen LogP contribution in [0.25, 0.3) is 0 Å². The fourth-order valence-electron chi connectivity index (χ4n) is 2.13. The van der Waals surface area contributed by atoms with E-state index < -0.39 is 11.9 Å². The van der Waals surface area contributed by atoms with E-state index in [-0.39, 0.29) is 0 Å². The number of pyridine rings is 1. The number of likely N-dealkylation sites (N-methyl/N-ethyl adjacent to an activating group) is 1. The Kier molecular flexibility index (Phi) is 4.82. The molecular formula is C13H19F3N4. The van der Waals surface area contributed by atoms with Crippen LogP contribution in [-0.4, -0.2) is 56.2 Å². The van der Waals surface area contributed by atoms with Crippen LogP contribution in [0.3, 0.4) is 0 Å². The number of halogens is 3. The van der Waals surface area contributed by atoms with E-state index in [4.69, 9.17) is 0 Å². The average molecular weight is 288 g/mol. The van der Waals surface area contributed by atoms with Crippen molar-refractivity contribution < 1.29 is 13.2 Å². The Bertz CT molecular complexity index is 430. The SMILES string of the molecule is CN(CCN1CCNCC1)c1cccc(C(F)(F)F)n1. The Morgan fingerprint density at radius 2 is 2.00 bits per heavy atom. The average Bonchev–Trinajstić information content (AvgIpc) is 2.45. The third kappa shape index (κ3) is 4.08. The summed E-state index contributed by atoms with van der Waals surface area (Å²) in [6.07, 6.45) is -4.39. The normalized spacial score (nSPS) is 17.2. The van der Waals surface area contributed by atoms with Crippen LogP contribution in [0.1, 0.15) is 5.69 Å². The summed E-state index contributed by atoms with van der Waals surface area (Å²) < 4.78 is 37.8. The molecular weight excluding hydrogens is 269 g/mol. The quantitative estimate of drug-likeness (QED) is 0.908. The number of anilines is 1. The second-order valence-corrected chi connectivity index (χ2v) is 4.89. The Balaban J connectivity index is 1.93. The van der Waals surface area contributed by atoms with Crippen LogP contribution in [0.5, 0.6) is 0 Å². The minimum absolute atomic E-state index is 0.356. The molecule has 0 unspecified atom stereocenters. The lowest BCUT2D eigenvalue weighted by molar-refractivity contribution is -0.141. The molecule has 4 nitrogen and oxygen atoms in total.